The van der Waals surface area contributed by atoms with Crippen molar-refractivity contribution in [1.29, 1.82) is 0 Å². The summed E-state index contributed by atoms with van der Waals surface area (Å²) in [6, 6.07) is 13.3. The Balaban J connectivity index is 1.15. The minimum absolute atomic E-state index is 0.252. The molecule has 37 heavy (non-hydrogen) atoms. The average Bonchev–Trinajstić information content (AvgIpc) is 3.62. The summed E-state index contributed by atoms with van der Waals surface area (Å²) in [6.07, 6.45) is 5.47. The molecular formula is C28H35N7O2. The number of fused-ring (bicyclic) bond motifs is 2. The molecule has 9 nitrogen and oxygen atoms in total. The number of anilines is 1. The van der Waals surface area contributed by atoms with Crippen LogP contribution in [0.3, 0.4) is 0 Å². The minimum atomic E-state index is 0.252. The Morgan fingerprint density at radius 2 is 1.78 bits per heavy atom. The van der Waals surface area contributed by atoms with Crippen LogP contribution in [0.15, 0.2) is 49.1 Å². The molecule has 6 rings (SSSR count). The predicted octanol–water partition coefficient (Wildman–Crippen LogP) is 3.32. The lowest BCUT2D eigenvalue weighted by atomic mass is 10.0. The number of nitrogens with zero attached hydrogens (tertiary/aromatic N) is 6. The van der Waals surface area contributed by atoms with Crippen LogP contribution in [-0.2, 0) is 11.3 Å². The summed E-state index contributed by atoms with van der Waals surface area (Å²) in [7, 11) is 1.77. The van der Waals surface area contributed by atoms with Gasteiger partial charge in [0.15, 0.2) is 11.5 Å². The standard InChI is InChI=1S/C28H35N7O2/c1-36-16-15-33-11-13-34(14-12-33)17-21-8-9-25(24-7-3-2-6-23(21)24)37-18-22-5-4-10-35(22)28-26-27(30-19-29-26)31-20-32-28/h2-3,6-9,19-20,22H,4-5,10-18H2,1H3,(H,29,30,31,32). The molecule has 1 unspecified atom stereocenters. The van der Waals surface area contributed by atoms with Gasteiger partial charge in [-0.25, -0.2) is 15.0 Å². The number of hydrogen-bond donors (Lipinski definition) is 1. The van der Waals surface area contributed by atoms with Gasteiger partial charge in [-0.2, -0.15) is 0 Å². The number of methoxy groups -OCH3 is 1. The van der Waals surface area contributed by atoms with Crippen LogP contribution in [0.1, 0.15) is 18.4 Å². The summed E-state index contributed by atoms with van der Waals surface area (Å²) in [5, 5.41) is 2.46. The molecule has 9 heteroatoms. The average molecular weight is 502 g/mol. The number of H-pyrrole nitrogens is 1. The van der Waals surface area contributed by atoms with Gasteiger partial charge in [0.2, 0.25) is 0 Å². The third kappa shape index (κ3) is 5.12. The fraction of sp³-hybridized carbons (Fsp3) is 0.464. The van der Waals surface area contributed by atoms with Gasteiger partial charge >= 0.3 is 0 Å². The van der Waals surface area contributed by atoms with E-state index in [-0.39, 0.29) is 6.04 Å². The van der Waals surface area contributed by atoms with Crippen LogP contribution in [0.4, 0.5) is 5.82 Å². The van der Waals surface area contributed by atoms with Crippen molar-refractivity contribution in [2.45, 2.75) is 25.4 Å². The second kappa shape index (κ2) is 11.0. The van der Waals surface area contributed by atoms with Gasteiger partial charge in [0.25, 0.3) is 0 Å². The van der Waals surface area contributed by atoms with E-state index in [4.69, 9.17) is 9.47 Å². The van der Waals surface area contributed by atoms with E-state index >= 15 is 0 Å². The zero-order valence-corrected chi connectivity index (χ0v) is 21.5. The van der Waals surface area contributed by atoms with Crippen LogP contribution in [0.5, 0.6) is 5.75 Å². The number of nitrogens with one attached hydrogen (secondary N) is 1. The van der Waals surface area contributed by atoms with E-state index in [2.05, 4.69) is 71.0 Å². The van der Waals surface area contributed by atoms with E-state index in [1.54, 1.807) is 19.8 Å². The van der Waals surface area contributed by atoms with Crippen molar-refractivity contribution in [2.24, 2.45) is 0 Å². The molecule has 4 heterocycles. The topological polar surface area (TPSA) is 82.6 Å². The lowest BCUT2D eigenvalue weighted by Gasteiger charge is -2.34. The zero-order chi connectivity index (χ0) is 25.0. The number of hydrogen-bond acceptors (Lipinski definition) is 8. The van der Waals surface area contributed by atoms with E-state index in [0.717, 1.165) is 88.0 Å². The third-order valence-electron chi connectivity index (χ3n) is 7.72. The first-order valence-corrected chi connectivity index (χ1v) is 13.3. The molecule has 194 valence electrons. The number of ether oxygens (including phenoxy) is 2. The van der Waals surface area contributed by atoms with Crippen molar-refractivity contribution in [3.05, 3.63) is 54.6 Å². The first-order valence-electron chi connectivity index (χ1n) is 13.3. The molecular weight excluding hydrogens is 466 g/mol. The highest BCUT2D eigenvalue weighted by Gasteiger charge is 2.29. The van der Waals surface area contributed by atoms with Gasteiger partial charge in [0, 0.05) is 58.3 Å². The van der Waals surface area contributed by atoms with Crippen molar-refractivity contribution in [3.63, 3.8) is 0 Å². The quantitative estimate of drug-likeness (QED) is 0.374. The van der Waals surface area contributed by atoms with Crippen LogP contribution in [0, 0.1) is 0 Å². The molecule has 2 aliphatic heterocycles. The van der Waals surface area contributed by atoms with Gasteiger partial charge in [0.1, 0.15) is 24.2 Å². The molecule has 4 aromatic rings. The van der Waals surface area contributed by atoms with Crippen molar-refractivity contribution in [3.8, 4) is 5.75 Å². The number of benzene rings is 2. The summed E-state index contributed by atoms with van der Waals surface area (Å²) in [5.41, 5.74) is 2.95. The highest BCUT2D eigenvalue weighted by atomic mass is 16.5. The molecule has 2 saturated heterocycles. The Morgan fingerprint density at radius 3 is 2.65 bits per heavy atom. The highest BCUT2D eigenvalue weighted by molar-refractivity contribution is 5.91. The molecule has 2 aromatic heterocycles. The summed E-state index contributed by atoms with van der Waals surface area (Å²) < 4.78 is 11.7. The molecule has 2 aliphatic rings. The summed E-state index contributed by atoms with van der Waals surface area (Å²) >= 11 is 0. The molecule has 1 N–H and O–H groups in total. The number of imidazole rings is 1. The Morgan fingerprint density at radius 1 is 0.946 bits per heavy atom. The van der Waals surface area contributed by atoms with Gasteiger partial charge in [0.05, 0.1) is 19.0 Å². The molecule has 1 atom stereocenters. The van der Waals surface area contributed by atoms with Crippen molar-refractivity contribution in [1.82, 2.24) is 29.7 Å². The Hall–Kier alpha value is -3.27. The van der Waals surface area contributed by atoms with E-state index in [0.29, 0.717) is 6.61 Å². The second-order valence-corrected chi connectivity index (χ2v) is 9.98. The van der Waals surface area contributed by atoms with Gasteiger partial charge in [-0.15, -0.1) is 0 Å². The van der Waals surface area contributed by atoms with Crippen molar-refractivity contribution in [2.75, 3.05) is 64.5 Å². The maximum atomic E-state index is 6.50. The Labute approximate surface area is 217 Å². The summed E-state index contributed by atoms with van der Waals surface area (Å²) in [6.45, 7) is 8.70. The first kappa shape index (κ1) is 24.1. The lowest BCUT2D eigenvalue weighted by molar-refractivity contribution is 0.0940. The molecule has 0 amide bonds. The smallest absolute Gasteiger partial charge is 0.162 e. The van der Waals surface area contributed by atoms with Crippen LogP contribution >= 0.6 is 0 Å². The van der Waals surface area contributed by atoms with Gasteiger partial charge < -0.3 is 19.4 Å². The van der Waals surface area contributed by atoms with E-state index in [9.17, 15) is 0 Å². The molecule has 0 saturated carbocycles. The number of piperazine rings is 1. The van der Waals surface area contributed by atoms with Crippen LogP contribution in [0.25, 0.3) is 21.9 Å². The van der Waals surface area contributed by atoms with Gasteiger partial charge in [-0.3, -0.25) is 9.80 Å². The maximum Gasteiger partial charge on any atom is 0.162 e. The SMILES string of the molecule is COCCN1CCN(Cc2ccc(OCC3CCCN3c3ncnc4[nH]cnc34)c3ccccc23)CC1. The normalized spacial score (nSPS) is 19.3. The fourth-order valence-corrected chi connectivity index (χ4v) is 5.67. The molecule has 2 fully saturated rings. The molecule has 0 aliphatic carbocycles. The Kier molecular flexibility index (Phi) is 7.16. The lowest BCUT2D eigenvalue weighted by Crippen LogP contribution is -2.46. The zero-order valence-electron chi connectivity index (χ0n) is 21.5. The maximum absolute atomic E-state index is 6.50. The highest BCUT2D eigenvalue weighted by Crippen LogP contribution is 2.32. The first-order chi connectivity index (χ1) is 18.3. The largest absolute Gasteiger partial charge is 0.491 e. The fourth-order valence-electron chi connectivity index (χ4n) is 5.67. The van der Waals surface area contributed by atoms with Gasteiger partial charge in [-0.05, 0) is 29.9 Å². The second-order valence-electron chi connectivity index (χ2n) is 9.98. The number of aromatic nitrogens is 4. The molecule has 2 aromatic carbocycles. The monoisotopic (exact) mass is 501 g/mol. The van der Waals surface area contributed by atoms with Crippen molar-refractivity contribution < 1.29 is 9.47 Å². The molecule has 0 spiro atoms. The predicted molar refractivity (Wildman–Crippen MR) is 145 cm³/mol. The Bertz CT molecular complexity index is 1330. The third-order valence-corrected chi connectivity index (χ3v) is 7.72. The summed E-state index contributed by atoms with van der Waals surface area (Å²) in [4.78, 5) is 23.8. The van der Waals surface area contributed by atoms with Crippen molar-refractivity contribution >= 4 is 27.8 Å². The van der Waals surface area contributed by atoms with Crippen LogP contribution in [-0.4, -0.2) is 95.4 Å². The number of rotatable bonds is 9. The summed E-state index contributed by atoms with van der Waals surface area (Å²) in [5.74, 6) is 1.84. The van der Waals surface area contributed by atoms with E-state index < -0.39 is 0 Å². The number of aromatic amines is 1. The molecule has 0 radical (unpaired) electrons. The van der Waals surface area contributed by atoms with E-state index in [1.165, 1.54) is 16.3 Å². The van der Waals surface area contributed by atoms with Crippen LogP contribution < -0.4 is 9.64 Å². The molecule has 0 bridgehead atoms. The van der Waals surface area contributed by atoms with Crippen LogP contribution in [0.2, 0.25) is 0 Å². The minimum Gasteiger partial charge on any atom is -0.491 e. The van der Waals surface area contributed by atoms with E-state index in [1.807, 2.05) is 0 Å². The van der Waals surface area contributed by atoms with Gasteiger partial charge in [-0.1, -0.05) is 30.3 Å².